The Labute approximate surface area is 178 Å². The molecule has 1 unspecified atom stereocenters. The van der Waals surface area contributed by atoms with Crippen LogP contribution in [0.3, 0.4) is 0 Å². The first-order valence-corrected chi connectivity index (χ1v) is 11.5. The van der Waals surface area contributed by atoms with Gasteiger partial charge in [0.25, 0.3) is 0 Å². The number of rotatable bonds is 8. The van der Waals surface area contributed by atoms with Crippen LogP contribution in [0, 0.1) is 5.41 Å². The number of benzene rings is 2. The zero-order valence-electron chi connectivity index (χ0n) is 16.8. The van der Waals surface area contributed by atoms with Crippen molar-refractivity contribution in [2.45, 2.75) is 6.92 Å². The van der Waals surface area contributed by atoms with Gasteiger partial charge in [-0.1, -0.05) is 34.2 Å². The number of thioether (sulfide) groups is 1. The van der Waals surface area contributed by atoms with Crippen molar-refractivity contribution in [3.63, 3.8) is 0 Å². The van der Waals surface area contributed by atoms with Crippen LogP contribution in [0.2, 0.25) is 0 Å². The summed E-state index contributed by atoms with van der Waals surface area (Å²) in [7, 11) is 0.637. The number of nitrogens with zero attached hydrogens (tertiary/aromatic N) is 2. The van der Waals surface area contributed by atoms with E-state index in [1.807, 2.05) is 18.2 Å². The lowest BCUT2D eigenvalue weighted by atomic mass is 9.97. The van der Waals surface area contributed by atoms with Gasteiger partial charge >= 0.3 is 0 Å². The minimum atomic E-state index is 0.600. The Bertz CT molecular complexity index is 870. The van der Waals surface area contributed by atoms with Crippen LogP contribution in [0.25, 0.3) is 11.1 Å². The van der Waals surface area contributed by atoms with E-state index in [1.165, 1.54) is 11.5 Å². The normalized spacial score (nSPS) is 10.9. The fraction of sp³-hybridized carbons (Fsp3) is 0.190. The minimum absolute atomic E-state index is 0.600. The Balaban J connectivity index is 0.00000132. The van der Waals surface area contributed by atoms with Crippen LogP contribution in [0.15, 0.2) is 59.3 Å². The Morgan fingerprint density at radius 3 is 2.69 bits per heavy atom. The van der Waals surface area contributed by atoms with E-state index in [0.717, 1.165) is 34.3 Å². The third-order valence-corrected chi connectivity index (χ3v) is 5.38. The highest BCUT2D eigenvalue weighted by Crippen LogP contribution is 2.28. The zero-order valence-corrected chi connectivity index (χ0v) is 18.6. The number of anilines is 1. The van der Waals surface area contributed by atoms with E-state index in [1.54, 1.807) is 11.8 Å². The van der Waals surface area contributed by atoms with Crippen LogP contribution in [0.4, 0.5) is 5.69 Å². The summed E-state index contributed by atoms with van der Waals surface area (Å²) in [5, 5.41) is 20.1. The van der Waals surface area contributed by atoms with Crippen LogP contribution in [-0.4, -0.2) is 42.2 Å². The number of nitrogens with two attached hydrogens (primary N) is 1. The SMILES string of the molecule is C=CO.C=NN/C(=N\CSCC)c1cc(PC)cc(-c2cccc(N)c2C=N)c1. The molecular weight excluding hydrogens is 401 g/mol. The Kier molecular flexibility index (Phi) is 11.4. The average molecular weight is 430 g/mol. The van der Waals surface area contributed by atoms with E-state index in [-0.39, 0.29) is 0 Å². The molecule has 0 aliphatic carbocycles. The monoisotopic (exact) mass is 429 g/mol. The highest BCUT2D eigenvalue weighted by atomic mass is 32.2. The van der Waals surface area contributed by atoms with Gasteiger partial charge in [-0.2, -0.15) is 5.10 Å². The quantitative estimate of drug-likeness (QED) is 0.0959. The summed E-state index contributed by atoms with van der Waals surface area (Å²) < 4.78 is 0. The van der Waals surface area contributed by atoms with Crippen molar-refractivity contribution >= 4 is 50.1 Å². The highest BCUT2D eigenvalue weighted by molar-refractivity contribution is 7.99. The average Bonchev–Trinajstić information content (AvgIpc) is 2.73. The first-order valence-electron chi connectivity index (χ1n) is 8.87. The van der Waals surface area contributed by atoms with Gasteiger partial charge in [-0.15, -0.1) is 11.8 Å². The number of amidine groups is 1. The number of aliphatic imine (C=N–C) groups is 1. The van der Waals surface area contributed by atoms with Crippen molar-refractivity contribution in [1.29, 1.82) is 5.41 Å². The van der Waals surface area contributed by atoms with Crippen LogP contribution < -0.4 is 16.5 Å². The molecule has 0 spiro atoms. The van der Waals surface area contributed by atoms with E-state index in [0.29, 0.717) is 26.0 Å². The molecule has 0 fully saturated rings. The van der Waals surface area contributed by atoms with Gasteiger partial charge in [0.2, 0.25) is 0 Å². The van der Waals surface area contributed by atoms with Crippen LogP contribution in [-0.2, 0) is 0 Å². The minimum Gasteiger partial charge on any atom is -0.516 e. The number of nitrogens with one attached hydrogen (secondary N) is 2. The number of hydrazone groups is 1. The fourth-order valence-electron chi connectivity index (χ4n) is 2.53. The number of hydrogen-bond donors (Lipinski definition) is 4. The van der Waals surface area contributed by atoms with E-state index in [4.69, 9.17) is 16.2 Å². The summed E-state index contributed by atoms with van der Waals surface area (Å²) in [6, 6.07) is 12.0. The molecule has 0 saturated heterocycles. The smallest absolute Gasteiger partial charge is 0.149 e. The summed E-state index contributed by atoms with van der Waals surface area (Å²) in [5.41, 5.74) is 13.2. The Morgan fingerprint density at radius 2 is 2.10 bits per heavy atom. The van der Waals surface area contributed by atoms with Gasteiger partial charge in [0, 0.05) is 29.7 Å². The molecule has 0 aromatic heterocycles. The van der Waals surface area contributed by atoms with E-state index < -0.39 is 0 Å². The second kappa shape index (κ2) is 13.5. The summed E-state index contributed by atoms with van der Waals surface area (Å²) in [6.07, 6.45) is 2.06. The van der Waals surface area contributed by atoms with Crippen molar-refractivity contribution < 1.29 is 5.11 Å². The first-order chi connectivity index (χ1) is 14.1. The summed E-state index contributed by atoms with van der Waals surface area (Å²) in [5.74, 6) is 2.36. The molecule has 6 nitrogen and oxygen atoms in total. The molecular formula is C21H28N5OPS. The number of hydrogen-bond acceptors (Lipinski definition) is 6. The number of nitrogen functional groups attached to an aromatic ring is 1. The molecule has 0 aliphatic rings. The predicted octanol–water partition coefficient (Wildman–Crippen LogP) is 4.22. The van der Waals surface area contributed by atoms with Crippen molar-refractivity contribution in [3.8, 4) is 11.1 Å². The predicted molar refractivity (Wildman–Crippen MR) is 133 cm³/mol. The summed E-state index contributed by atoms with van der Waals surface area (Å²) in [4.78, 5) is 4.61. The van der Waals surface area contributed by atoms with Gasteiger partial charge in [0.05, 0.1) is 12.1 Å². The molecule has 29 heavy (non-hydrogen) atoms. The molecule has 0 heterocycles. The Morgan fingerprint density at radius 1 is 1.38 bits per heavy atom. The van der Waals surface area contributed by atoms with Crippen LogP contribution in [0.1, 0.15) is 18.1 Å². The maximum absolute atomic E-state index is 7.72. The van der Waals surface area contributed by atoms with Crippen LogP contribution >= 0.6 is 20.3 Å². The van der Waals surface area contributed by atoms with Gasteiger partial charge in [0.15, 0.2) is 0 Å². The molecule has 1 atom stereocenters. The highest BCUT2D eigenvalue weighted by Gasteiger charge is 2.11. The topological polar surface area (TPSA) is 107 Å². The van der Waals surface area contributed by atoms with Gasteiger partial charge in [0.1, 0.15) is 5.84 Å². The maximum atomic E-state index is 7.72. The van der Waals surface area contributed by atoms with E-state index >= 15 is 0 Å². The third-order valence-electron chi connectivity index (χ3n) is 3.79. The lowest BCUT2D eigenvalue weighted by molar-refractivity contribution is 0.476. The second-order valence-corrected chi connectivity index (χ2v) is 7.90. The van der Waals surface area contributed by atoms with Gasteiger partial charge < -0.3 is 16.2 Å². The third kappa shape index (κ3) is 7.37. The molecule has 0 radical (unpaired) electrons. The zero-order chi connectivity index (χ0) is 21.6. The van der Waals surface area contributed by atoms with Crippen molar-refractivity contribution in [2.24, 2.45) is 10.1 Å². The molecule has 2 aromatic rings. The fourth-order valence-corrected chi connectivity index (χ4v) is 3.53. The Hall–Kier alpha value is -2.63. The molecule has 8 heteroatoms. The lowest BCUT2D eigenvalue weighted by Crippen LogP contribution is -2.20. The van der Waals surface area contributed by atoms with E-state index in [9.17, 15) is 0 Å². The van der Waals surface area contributed by atoms with Gasteiger partial charge in [-0.3, -0.25) is 10.4 Å². The van der Waals surface area contributed by atoms with Crippen molar-refractivity contribution in [1.82, 2.24) is 5.43 Å². The number of aliphatic hydroxyl groups excluding tert-OH is 1. The largest absolute Gasteiger partial charge is 0.516 e. The molecule has 0 aliphatic heterocycles. The molecule has 2 rings (SSSR count). The molecule has 0 bridgehead atoms. The standard InChI is InChI=1S/C19H24N5PS.C2H4O/c1-4-26-12-23-19(24-22-2)14-8-13(9-15(10-14)25-3)16-6-5-7-18(21)17(16)11-20;1-2-3/h5-11,20,25H,2,4,12,21H2,1,3H3,(H,23,24);2-3H,1H2. The number of aliphatic hydroxyl groups is 1. The van der Waals surface area contributed by atoms with Crippen molar-refractivity contribution in [2.75, 3.05) is 24.0 Å². The molecule has 2 aromatic carbocycles. The van der Waals surface area contributed by atoms with Crippen LogP contribution in [0.5, 0.6) is 0 Å². The summed E-state index contributed by atoms with van der Waals surface area (Å²) in [6.45, 7) is 10.7. The van der Waals surface area contributed by atoms with Crippen molar-refractivity contribution in [3.05, 3.63) is 60.4 Å². The van der Waals surface area contributed by atoms with E-state index in [2.05, 4.69) is 60.6 Å². The lowest BCUT2D eigenvalue weighted by Gasteiger charge is -2.13. The molecule has 154 valence electrons. The molecule has 0 amide bonds. The molecule has 0 saturated carbocycles. The van der Waals surface area contributed by atoms with Gasteiger partial charge in [-0.05, 0) is 53.1 Å². The second-order valence-electron chi connectivity index (χ2n) is 5.58. The van der Waals surface area contributed by atoms with Gasteiger partial charge in [-0.25, -0.2) is 0 Å². The summed E-state index contributed by atoms with van der Waals surface area (Å²) >= 11 is 1.74. The molecule has 5 N–H and O–H groups in total. The maximum Gasteiger partial charge on any atom is 0.149 e. The first kappa shape index (κ1) is 24.4.